The van der Waals surface area contributed by atoms with Crippen LogP contribution in [0.1, 0.15) is 0 Å². The third-order valence-electron chi connectivity index (χ3n) is 0. The van der Waals surface area contributed by atoms with Crippen LogP contribution in [-0.2, 0) is 39.4 Å². The van der Waals surface area contributed by atoms with Crippen molar-refractivity contribution in [1.29, 1.82) is 0 Å². The Labute approximate surface area is 90.8 Å². The van der Waals surface area contributed by atoms with Gasteiger partial charge >= 0.3 is 53.1 Å². The van der Waals surface area contributed by atoms with Crippen LogP contribution in [0.25, 0.3) is 0 Å². The van der Waals surface area contributed by atoms with Gasteiger partial charge in [0.25, 0.3) is 0 Å². The van der Waals surface area contributed by atoms with Gasteiger partial charge in [0, 0.05) is 39.4 Å². The quantitative estimate of drug-likeness (QED) is 0.296. The fourth-order valence-corrected chi connectivity index (χ4v) is 0. The molecule has 0 unspecified atom stereocenters. The largest absolute Gasteiger partial charge is 0 e. The van der Waals surface area contributed by atoms with Crippen molar-refractivity contribution in [2.75, 3.05) is 0 Å². The van der Waals surface area contributed by atoms with Crippen molar-refractivity contribution in [3.63, 3.8) is 0 Å². The van der Waals surface area contributed by atoms with Crippen molar-refractivity contribution in [3.8, 4) is 0 Å². The van der Waals surface area contributed by atoms with Crippen molar-refractivity contribution >= 4 is 53.1 Å². The Morgan fingerprint density at radius 2 is 1.00 bits per heavy atom. The van der Waals surface area contributed by atoms with Gasteiger partial charge in [0.2, 0.25) is 0 Å². The molecule has 0 spiro atoms. The summed E-state index contributed by atoms with van der Waals surface area (Å²) in [7, 11) is 0. The summed E-state index contributed by atoms with van der Waals surface area (Å²) < 4.78 is 0. The van der Waals surface area contributed by atoms with Gasteiger partial charge in [-0.25, -0.2) is 0 Å². The van der Waals surface area contributed by atoms with Crippen molar-refractivity contribution in [2.24, 2.45) is 0 Å². The molecule has 3 radical (unpaired) electrons. The number of rotatable bonds is 0. The van der Waals surface area contributed by atoms with E-state index in [1.807, 2.05) is 0 Å². The van der Waals surface area contributed by atoms with Gasteiger partial charge in [0.15, 0.2) is 0 Å². The fourth-order valence-electron chi connectivity index (χ4n) is 0. The van der Waals surface area contributed by atoms with Crippen molar-refractivity contribution in [1.82, 2.24) is 0 Å². The van der Waals surface area contributed by atoms with E-state index in [1.165, 1.54) is 0 Å². The molecular formula is H5FeInPbTa. The molecule has 0 aromatic heterocycles. The summed E-state index contributed by atoms with van der Waals surface area (Å²) in [6.45, 7) is 0. The van der Waals surface area contributed by atoms with Gasteiger partial charge in [-0.15, -0.1) is 0 Å². The Hall–Kier alpha value is 3.05. The number of hydrogen-bond donors (Lipinski definition) is 0. The third kappa shape index (κ3) is 8.90. The van der Waals surface area contributed by atoms with E-state index in [0.717, 1.165) is 0 Å². The summed E-state index contributed by atoms with van der Waals surface area (Å²) in [6.07, 6.45) is 0. The molecule has 0 aliphatic carbocycles. The zero-order valence-electron chi connectivity index (χ0n) is 1.51. The molecule has 0 rings (SSSR count). The van der Waals surface area contributed by atoms with E-state index in [1.54, 1.807) is 0 Å². The molecule has 0 fully saturated rings. The number of hydrogen-bond acceptors (Lipinski definition) is 0. The summed E-state index contributed by atoms with van der Waals surface area (Å²) in [5, 5.41) is 0. The SMILES string of the molecule is [Fe].[InH3].[PbH2].[Ta]. The Balaban J connectivity index is 0. The molecule has 0 atom stereocenters. The molecule has 4 heavy (non-hydrogen) atoms. The second kappa shape index (κ2) is 16.6. The molecule has 25 valence electrons. The summed E-state index contributed by atoms with van der Waals surface area (Å²) in [4.78, 5) is 0. The van der Waals surface area contributed by atoms with Crippen molar-refractivity contribution in [3.05, 3.63) is 0 Å². The Kier molecular flexibility index (Phi) is 115. The topological polar surface area (TPSA) is 0 Å². The molecule has 0 saturated carbocycles. The minimum Gasteiger partial charge on any atom is 0 e. The molecule has 0 N–H and O–H groups in total. The summed E-state index contributed by atoms with van der Waals surface area (Å²) in [6, 6.07) is 0. The molecule has 0 aliphatic rings. The molecular weight excluding hydrogens is 559 g/mol. The predicted molar refractivity (Wildman–Crippen MR) is 18.5 cm³/mol. The van der Waals surface area contributed by atoms with Crippen LogP contribution in [-0.4, -0.2) is 53.1 Å². The van der Waals surface area contributed by atoms with Gasteiger partial charge in [-0.3, -0.25) is 0 Å². The first-order chi connectivity index (χ1) is 0. The smallest absolute Gasteiger partial charge is 0 e. The maximum Gasteiger partial charge on any atom is 0 e. The summed E-state index contributed by atoms with van der Waals surface area (Å²) in [5.74, 6) is 0. The second-order valence-electron chi connectivity index (χ2n) is 0. The minimum atomic E-state index is 0. The monoisotopic (exact) mass is 565 g/mol. The normalized spacial score (nSPS) is 0. The average molecular weight is 564 g/mol. The van der Waals surface area contributed by atoms with E-state index < -0.39 is 0 Å². The van der Waals surface area contributed by atoms with E-state index in [0.29, 0.717) is 0 Å². The first-order valence-electron chi connectivity index (χ1n) is 0. The van der Waals surface area contributed by atoms with E-state index in [4.69, 9.17) is 0 Å². The Morgan fingerprint density at radius 1 is 1.00 bits per heavy atom. The van der Waals surface area contributed by atoms with Gasteiger partial charge in [-0.1, -0.05) is 0 Å². The molecule has 0 saturated heterocycles. The van der Waals surface area contributed by atoms with Crippen molar-refractivity contribution in [2.45, 2.75) is 0 Å². The van der Waals surface area contributed by atoms with E-state index >= 15 is 0 Å². The second-order valence-corrected chi connectivity index (χ2v) is 0. The van der Waals surface area contributed by atoms with Crippen LogP contribution >= 0.6 is 0 Å². The summed E-state index contributed by atoms with van der Waals surface area (Å²) >= 11 is 0. The van der Waals surface area contributed by atoms with Gasteiger partial charge < -0.3 is 0 Å². The fraction of sp³-hybridized carbons (Fsp3) is 0. The third-order valence-corrected chi connectivity index (χ3v) is 0. The van der Waals surface area contributed by atoms with Crippen LogP contribution in [0.5, 0.6) is 0 Å². The summed E-state index contributed by atoms with van der Waals surface area (Å²) in [5.41, 5.74) is 0. The Morgan fingerprint density at radius 3 is 1.00 bits per heavy atom. The standard InChI is InChI=1S/Fe.In.Pb.Ta.5H. The van der Waals surface area contributed by atoms with Gasteiger partial charge in [-0.05, 0) is 0 Å². The van der Waals surface area contributed by atoms with Gasteiger partial charge in [0.1, 0.15) is 0 Å². The molecule has 0 amide bonds. The minimum absolute atomic E-state index is 0. The molecule has 4 heteroatoms. The van der Waals surface area contributed by atoms with Gasteiger partial charge in [0.05, 0.1) is 0 Å². The molecule has 0 aliphatic heterocycles. The van der Waals surface area contributed by atoms with E-state index in [2.05, 4.69) is 0 Å². The first kappa shape index (κ1) is 27.7. The molecule has 0 bridgehead atoms. The van der Waals surface area contributed by atoms with Crippen molar-refractivity contribution < 1.29 is 39.4 Å². The van der Waals surface area contributed by atoms with Crippen LogP contribution in [0, 0.1) is 0 Å². The maximum atomic E-state index is 0. The first-order valence-corrected chi connectivity index (χ1v) is 0. The van der Waals surface area contributed by atoms with Crippen LogP contribution < -0.4 is 0 Å². The molecule has 0 aromatic rings. The Bertz CT molecular complexity index is 8.00. The average Bonchev–Trinajstić information content (AvgIpc) is 0. The predicted octanol–water partition coefficient (Wildman–Crippen LogP) is -2.11. The molecule has 0 nitrogen and oxygen atoms in total. The maximum absolute atomic E-state index is 0. The van der Waals surface area contributed by atoms with Crippen LogP contribution in [0.15, 0.2) is 0 Å². The zero-order chi connectivity index (χ0) is 0. The van der Waals surface area contributed by atoms with Gasteiger partial charge in [-0.2, -0.15) is 0 Å². The molecule has 0 aromatic carbocycles. The van der Waals surface area contributed by atoms with E-state index in [-0.39, 0.29) is 92.6 Å². The zero-order valence-corrected chi connectivity index (χ0v) is 11.3. The van der Waals surface area contributed by atoms with Crippen LogP contribution in [0.2, 0.25) is 0 Å². The van der Waals surface area contributed by atoms with Crippen LogP contribution in [0.3, 0.4) is 0 Å². The molecule has 0 heterocycles. The van der Waals surface area contributed by atoms with Crippen LogP contribution in [0.4, 0.5) is 0 Å². The van der Waals surface area contributed by atoms with E-state index in [9.17, 15) is 0 Å².